The number of ether oxygens (including phenoxy) is 3. The lowest BCUT2D eigenvalue weighted by atomic mass is 10.1. The second kappa shape index (κ2) is 11.8. The molecule has 1 N–H and O–H groups in total. The first-order chi connectivity index (χ1) is 12.7. The van der Waals surface area contributed by atoms with Gasteiger partial charge in [0.2, 0.25) is 0 Å². The Hall–Kier alpha value is -1.79. The summed E-state index contributed by atoms with van der Waals surface area (Å²) in [6, 6.07) is 8.07. The van der Waals surface area contributed by atoms with Crippen LogP contribution in [0, 0.1) is 6.92 Å². The maximum atomic E-state index is 5.89. The van der Waals surface area contributed by atoms with Crippen LogP contribution < -0.4 is 10.1 Å². The molecule has 1 saturated heterocycles. The summed E-state index contributed by atoms with van der Waals surface area (Å²) in [6.45, 7) is 6.72. The van der Waals surface area contributed by atoms with E-state index in [0.29, 0.717) is 12.7 Å². The fourth-order valence-corrected chi connectivity index (χ4v) is 2.87. The Kier molecular flexibility index (Phi) is 9.28. The smallest absolute Gasteiger partial charge is 0.193 e. The Bertz CT molecular complexity index is 545. The number of nitrogens with one attached hydrogen (secondary N) is 1. The average Bonchev–Trinajstić information content (AvgIpc) is 2.67. The standard InChI is InChI=1S/C20H33N3O3/c1-17-7-4-5-8-19(17)26-16-12-23(3)20(21-2)22-11-6-13-25-18-9-14-24-15-10-18/h4-5,7-8,18H,6,9-16H2,1-3H3,(H,21,22). The maximum Gasteiger partial charge on any atom is 0.193 e. The highest BCUT2D eigenvalue weighted by Crippen LogP contribution is 2.15. The van der Waals surface area contributed by atoms with Gasteiger partial charge in [-0.15, -0.1) is 0 Å². The second-order valence-corrected chi connectivity index (χ2v) is 6.55. The summed E-state index contributed by atoms with van der Waals surface area (Å²) in [5.41, 5.74) is 1.15. The van der Waals surface area contributed by atoms with Crippen molar-refractivity contribution in [1.82, 2.24) is 10.2 Å². The summed E-state index contributed by atoms with van der Waals surface area (Å²) in [5.74, 6) is 1.82. The summed E-state index contributed by atoms with van der Waals surface area (Å²) < 4.78 is 17.1. The monoisotopic (exact) mass is 363 g/mol. The molecule has 1 aromatic carbocycles. The maximum absolute atomic E-state index is 5.89. The number of aryl methyl sites for hydroxylation is 1. The van der Waals surface area contributed by atoms with Gasteiger partial charge in [0.05, 0.1) is 12.6 Å². The van der Waals surface area contributed by atoms with Crippen LogP contribution in [0.4, 0.5) is 0 Å². The van der Waals surface area contributed by atoms with Crippen molar-refractivity contribution in [2.45, 2.75) is 32.3 Å². The van der Waals surface area contributed by atoms with Crippen molar-refractivity contribution in [1.29, 1.82) is 0 Å². The van der Waals surface area contributed by atoms with Gasteiger partial charge in [0.1, 0.15) is 12.4 Å². The largest absolute Gasteiger partial charge is 0.491 e. The third kappa shape index (κ3) is 7.22. The Morgan fingerprint density at radius 3 is 2.77 bits per heavy atom. The molecule has 0 radical (unpaired) electrons. The van der Waals surface area contributed by atoms with E-state index in [4.69, 9.17) is 14.2 Å². The molecule has 1 aliphatic rings. The minimum absolute atomic E-state index is 0.365. The van der Waals surface area contributed by atoms with Gasteiger partial charge in [-0.3, -0.25) is 4.99 Å². The third-order valence-corrected chi connectivity index (χ3v) is 4.48. The van der Waals surface area contributed by atoms with Crippen molar-refractivity contribution in [3.63, 3.8) is 0 Å². The molecule has 1 aliphatic heterocycles. The summed E-state index contributed by atoms with van der Waals surface area (Å²) >= 11 is 0. The van der Waals surface area contributed by atoms with Crippen LogP contribution in [-0.4, -0.2) is 70.6 Å². The molecule has 0 aromatic heterocycles. The predicted octanol–water partition coefficient (Wildman–Crippen LogP) is 2.47. The van der Waals surface area contributed by atoms with Crippen LogP contribution in [0.1, 0.15) is 24.8 Å². The van der Waals surface area contributed by atoms with Gasteiger partial charge in [0, 0.05) is 40.5 Å². The Balaban J connectivity index is 1.58. The lowest BCUT2D eigenvalue weighted by Gasteiger charge is -2.24. The SMILES string of the molecule is CN=C(NCCCOC1CCOCC1)N(C)CCOc1ccccc1C. The number of guanidine groups is 1. The summed E-state index contributed by atoms with van der Waals surface area (Å²) in [5, 5.41) is 3.38. The van der Waals surface area contributed by atoms with E-state index in [1.165, 1.54) is 0 Å². The molecule has 6 nitrogen and oxygen atoms in total. The minimum Gasteiger partial charge on any atom is -0.491 e. The summed E-state index contributed by atoms with van der Waals surface area (Å²) in [7, 11) is 3.83. The highest BCUT2D eigenvalue weighted by molar-refractivity contribution is 5.79. The van der Waals surface area contributed by atoms with Crippen molar-refractivity contribution >= 4 is 5.96 Å². The molecule has 26 heavy (non-hydrogen) atoms. The zero-order chi connectivity index (χ0) is 18.6. The number of likely N-dealkylation sites (N-methyl/N-ethyl adjacent to an activating group) is 1. The highest BCUT2D eigenvalue weighted by atomic mass is 16.5. The van der Waals surface area contributed by atoms with Crippen LogP contribution in [0.25, 0.3) is 0 Å². The number of hydrogen-bond donors (Lipinski definition) is 1. The quantitative estimate of drug-likeness (QED) is 0.415. The molecule has 1 fully saturated rings. The van der Waals surface area contributed by atoms with Crippen LogP contribution in [0.5, 0.6) is 5.75 Å². The average molecular weight is 364 g/mol. The Morgan fingerprint density at radius 1 is 1.27 bits per heavy atom. The first-order valence-corrected chi connectivity index (χ1v) is 9.50. The molecule has 0 bridgehead atoms. The molecule has 2 rings (SSSR count). The van der Waals surface area contributed by atoms with Gasteiger partial charge in [0.15, 0.2) is 5.96 Å². The minimum atomic E-state index is 0.365. The van der Waals surface area contributed by atoms with Crippen molar-refractivity contribution < 1.29 is 14.2 Å². The molecule has 0 amide bonds. The van der Waals surface area contributed by atoms with Crippen molar-refractivity contribution in [3.05, 3.63) is 29.8 Å². The van der Waals surface area contributed by atoms with E-state index in [1.807, 2.05) is 25.2 Å². The second-order valence-electron chi connectivity index (χ2n) is 6.55. The first kappa shape index (κ1) is 20.5. The van der Waals surface area contributed by atoms with Crippen molar-refractivity contribution in [2.75, 3.05) is 53.6 Å². The van der Waals surface area contributed by atoms with E-state index >= 15 is 0 Å². The van der Waals surface area contributed by atoms with E-state index in [-0.39, 0.29) is 0 Å². The fourth-order valence-electron chi connectivity index (χ4n) is 2.87. The molecular weight excluding hydrogens is 330 g/mol. The number of hydrogen-bond acceptors (Lipinski definition) is 4. The number of para-hydroxylation sites is 1. The molecule has 6 heteroatoms. The van der Waals surface area contributed by atoms with Gasteiger partial charge < -0.3 is 24.4 Å². The lowest BCUT2D eigenvalue weighted by Crippen LogP contribution is -2.41. The fraction of sp³-hybridized carbons (Fsp3) is 0.650. The number of nitrogens with zero attached hydrogens (tertiary/aromatic N) is 2. The zero-order valence-corrected chi connectivity index (χ0v) is 16.4. The lowest BCUT2D eigenvalue weighted by molar-refractivity contribution is -0.0320. The summed E-state index contributed by atoms with van der Waals surface area (Å²) in [4.78, 5) is 6.42. The normalized spacial score (nSPS) is 15.7. The Labute approximate surface area is 157 Å². The van der Waals surface area contributed by atoms with Gasteiger partial charge >= 0.3 is 0 Å². The van der Waals surface area contributed by atoms with Crippen LogP contribution in [-0.2, 0) is 9.47 Å². The Morgan fingerprint density at radius 2 is 2.04 bits per heavy atom. The topological polar surface area (TPSA) is 55.3 Å². The van der Waals surface area contributed by atoms with Gasteiger partial charge in [-0.25, -0.2) is 0 Å². The van der Waals surface area contributed by atoms with E-state index in [0.717, 1.165) is 69.4 Å². The molecule has 0 unspecified atom stereocenters. The van der Waals surface area contributed by atoms with E-state index in [1.54, 1.807) is 7.05 Å². The van der Waals surface area contributed by atoms with Crippen molar-refractivity contribution in [2.24, 2.45) is 4.99 Å². The first-order valence-electron chi connectivity index (χ1n) is 9.50. The highest BCUT2D eigenvalue weighted by Gasteiger charge is 2.13. The van der Waals surface area contributed by atoms with Gasteiger partial charge in [-0.05, 0) is 37.8 Å². The molecule has 146 valence electrons. The van der Waals surface area contributed by atoms with E-state index < -0.39 is 0 Å². The van der Waals surface area contributed by atoms with Crippen molar-refractivity contribution in [3.8, 4) is 5.75 Å². The number of aliphatic imine (C=N–C) groups is 1. The van der Waals surface area contributed by atoms with Crippen LogP contribution >= 0.6 is 0 Å². The van der Waals surface area contributed by atoms with Crippen LogP contribution in [0.15, 0.2) is 29.3 Å². The molecule has 1 heterocycles. The molecule has 0 atom stereocenters. The molecule has 0 spiro atoms. The van der Waals surface area contributed by atoms with Crippen LogP contribution in [0.3, 0.4) is 0 Å². The van der Waals surface area contributed by atoms with Gasteiger partial charge in [-0.2, -0.15) is 0 Å². The zero-order valence-electron chi connectivity index (χ0n) is 16.4. The molecule has 1 aromatic rings. The van der Waals surface area contributed by atoms with Crippen LogP contribution in [0.2, 0.25) is 0 Å². The van der Waals surface area contributed by atoms with E-state index in [2.05, 4.69) is 28.2 Å². The van der Waals surface area contributed by atoms with Gasteiger partial charge in [0.25, 0.3) is 0 Å². The molecule has 0 saturated carbocycles. The third-order valence-electron chi connectivity index (χ3n) is 4.48. The number of benzene rings is 1. The summed E-state index contributed by atoms with van der Waals surface area (Å²) in [6.07, 6.45) is 3.35. The molecular formula is C20H33N3O3. The van der Waals surface area contributed by atoms with E-state index in [9.17, 15) is 0 Å². The number of rotatable bonds is 9. The van der Waals surface area contributed by atoms with Gasteiger partial charge in [-0.1, -0.05) is 18.2 Å². The molecule has 0 aliphatic carbocycles. The predicted molar refractivity (Wildman–Crippen MR) is 105 cm³/mol.